The van der Waals surface area contributed by atoms with Gasteiger partial charge in [0.2, 0.25) is 0 Å². The fraction of sp³-hybridized carbons (Fsp3) is 0.0769. The fourth-order valence-corrected chi connectivity index (χ4v) is 1.84. The van der Waals surface area contributed by atoms with E-state index in [1.165, 1.54) is 6.07 Å². The lowest BCUT2D eigenvalue weighted by Gasteiger charge is -2.07. The number of hydrogen-bond acceptors (Lipinski definition) is 2. The van der Waals surface area contributed by atoms with E-state index in [0.29, 0.717) is 16.9 Å². The zero-order chi connectivity index (χ0) is 13.5. The maximum absolute atomic E-state index is 12.7. The van der Waals surface area contributed by atoms with Crippen molar-refractivity contribution >= 4 is 5.65 Å². The first-order valence-corrected chi connectivity index (χ1v) is 5.50. The summed E-state index contributed by atoms with van der Waals surface area (Å²) in [5.41, 5.74) is 0.827. The van der Waals surface area contributed by atoms with Crippen molar-refractivity contribution in [2.75, 3.05) is 0 Å². The Kier molecular flexibility index (Phi) is 2.51. The van der Waals surface area contributed by atoms with Crippen LogP contribution in [0, 0.1) is 0 Å². The van der Waals surface area contributed by atoms with Crippen molar-refractivity contribution in [2.24, 2.45) is 0 Å². The second-order valence-electron chi connectivity index (χ2n) is 4.05. The fourth-order valence-electron chi connectivity index (χ4n) is 1.84. The van der Waals surface area contributed by atoms with Crippen molar-refractivity contribution < 1.29 is 13.2 Å². The third-order valence-corrected chi connectivity index (χ3v) is 2.75. The van der Waals surface area contributed by atoms with Crippen LogP contribution in [0.1, 0.15) is 5.56 Å². The van der Waals surface area contributed by atoms with E-state index >= 15 is 0 Å². The molecule has 19 heavy (non-hydrogen) atoms. The van der Waals surface area contributed by atoms with Crippen LogP contribution in [0.2, 0.25) is 0 Å². The number of rotatable bonds is 1. The molecule has 0 saturated heterocycles. The minimum atomic E-state index is -4.35. The van der Waals surface area contributed by atoms with Crippen LogP contribution in [0.5, 0.6) is 0 Å². The van der Waals surface area contributed by atoms with E-state index < -0.39 is 11.7 Å². The molecule has 6 heteroatoms. The molecular weight excluding hydrogens is 255 g/mol. The Morgan fingerprint density at radius 1 is 1.16 bits per heavy atom. The van der Waals surface area contributed by atoms with Gasteiger partial charge in [-0.25, -0.2) is 4.98 Å². The second kappa shape index (κ2) is 4.08. The molecule has 0 spiro atoms. The van der Waals surface area contributed by atoms with Gasteiger partial charge in [0.1, 0.15) is 0 Å². The molecule has 2 heterocycles. The summed E-state index contributed by atoms with van der Waals surface area (Å²) >= 11 is 0. The van der Waals surface area contributed by atoms with Crippen LogP contribution in [0.15, 0.2) is 49.1 Å². The van der Waals surface area contributed by atoms with Gasteiger partial charge in [-0.1, -0.05) is 12.1 Å². The number of fused-ring (bicyclic) bond motifs is 1. The Hall–Kier alpha value is -2.37. The Balaban J connectivity index is 2.11. The maximum atomic E-state index is 12.7. The van der Waals surface area contributed by atoms with Gasteiger partial charge >= 0.3 is 6.18 Å². The molecule has 96 valence electrons. The largest absolute Gasteiger partial charge is 0.416 e. The Labute approximate surface area is 106 Å². The highest BCUT2D eigenvalue weighted by atomic mass is 19.4. The van der Waals surface area contributed by atoms with Gasteiger partial charge in [0.25, 0.3) is 0 Å². The summed E-state index contributed by atoms with van der Waals surface area (Å²) in [6, 6.07) is 5.11. The van der Waals surface area contributed by atoms with Gasteiger partial charge in [0, 0.05) is 24.2 Å². The summed E-state index contributed by atoms with van der Waals surface area (Å²) in [6.45, 7) is 0. The van der Waals surface area contributed by atoms with Crippen LogP contribution < -0.4 is 0 Å². The van der Waals surface area contributed by atoms with Gasteiger partial charge in [-0.2, -0.15) is 13.2 Å². The summed E-state index contributed by atoms with van der Waals surface area (Å²) in [7, 11) is 0. The predicted molar refractivity (Wildman–Crippen MR) is 63.4 cm³/mol. The summed E-state index contributed by atoms with van der Waals surface area (Å²) in [6.07, 6.45) is 2.16. The Morgan fingerprint density at radius 2 is 2.00 bits per heavy atom. The van der Waals surface area contributed by atoms with E-state index in [4.69, 9.17) is 0 Å². The molecule has 3 rings (SSSR count). The molecule has 0 N–H and O–H groups in total. The lowest BCUT2D eigenvalue weighted by atomic mass is 10.1. The molecule has 2 aromatic heterocycles. The molecule has 0 fully saturated rings. The Bertz CT molecular complexity index is 698. The van der Waals surface area contributed by atoms with Crippen LogP contribution in [0.3, 0.4) is 0 Å². The summed E-state index contributed by atoms with van der Waals surface area (Å²) in [4.78, 5) is 8.15. The average Bonchev–Trinajstić information content (AvgIpc) is 2.81. The molecule has 3 aromatic rings. The zero-order valence-electron chi connectivity index (χ0n) is 9.59. The third-order valence-electron chi connectivity index (χ3n) is 2.75. The molecule has 0 aliphatic heterocycles. The van der Waals surface area contributed by atoms with E-state index in [2.05, 4.69) is 9.97 Å². The van der Waals surface area contributed by atoms with Crippen molar-refractivity contribution in [1.82, 2.24) is 14.4 Å². The number of alkyl halides is 3. The summed E-state index contributed by atoms with van der Waals surface area (Å²) in [5, 5.41) is 0. The number of imidazole rings is 1. The van der Waals surface area contributed by atoms with Crippen LogP contribution in [-0.4, -0.2) is 14.4 Å². The molecule has 0 amide bonds. The highest BCUT2D eigenvalue weighted by Gasteiger charge is 2.30. The zero-order valence-corrected chi connectivity index (χ0v) is 9.59. The predicted octanol–water partition coefficient (Wildman–Crippen LogP) is 3.42. The number of nitrogens with zero attached hydrogens (tertiary/aromatic N) is 3. The van der Waals surface area contributed by atoms with Gasteiger partial charge in [-0.05, 0) is 12.1 Å². The van der Waals surface area contributed by atoms with Crippen molar-refractivity contribution in [2.45, 2.75) is 6.18 Å². The molecule has 0 aliphatic rings. The van der Waals surface area contributed by atoms with Gasteiger partial charge in [0.15, 0.2) is 5.65 Å². The van der Waals surface area contributed by atoms with Gasteiger partial charge in [0.05, 0.1) is 17.5 Å². The molecule has 0 saturated carbocycles. The summed E-state index contributed by atoms with van der Waals surface area (Å²) < 4.78 is 39.7. The van der Waals surface area contributed by atoms with Crippen molar-refractivity contribution in [1.29, 1.82) is 0 Å². The standard InChI is InChI=1S/C13H8F3N3/c14-13(15,16)10-3-1-2-9(6-10)11-8-19-5-4-17-7-12(19)18-11/h1-8H. The van der Waals surface area contributed by atoms with Gasteiger partial charge < -0.3 is 4.40 Å². The molecule has 3 nitrogen and oxygen atoms in total. The topological polar surface area (TPSA) is 30.2 Å². The highest BCUT2D eigenvalue weighted by molar-refractivity contribution is 5.63. The maximum Gasteiger partial charge on any atom is 0.416 e. The van der Waals surface area contributed by atoms with Crippen LogP contribution in [-0.2, 0) is 6.18 Å². The van der Waals surface area contributed by atoms with Gasteiger partial charge in [-0.3, -0.25) is 4.98 Å². The van der Waals surface area contributed by atoms with Crippen molar-refractivity contribution in [3.63, 3.8) is 0 Å². The quantitative estimate of drug-likeness (QED) is 0.673. The van der Waals surface area contributed by atoms with E-state index in [1.807, 2.05) is 0 Å². The van der Waals surface area contributed by atoms with Crippen LogP contribution in [0.4, 0.5) is 13.2 Å². The number of hydrogen-bond donors (Lipinski definition) is 0. The molecule has 0 unspecified atom stereocenters. The average molecular weight is 263 g/mol. The minimum absolute atomic E-state index is 0.429. The van der Waals surface area contributed by atoms with Crippen LogP contribution >= 0.6 is 0 Å². The first kappa shape index (κ1) is 11.7. The number of benzene rings is 1. The molecular formula is C13H8F3N3. The molecule has 1 aromatic carbocycles. The van der Waals surface area contributed by atoms with Gasteiger partial charge in [-0.15, -0.1) is 0 Å². The van der Waals surface area contributed by atoms with Crippen molar-refractivity contribution in [3.05, 3.63) is 54.6 Å². The highest BCUT2D eigenvalue weighted by Crippen LogP contribution is 2.31. The van der Waals surface area contributed by atoms with Crippen LogP contribution in [0.25, 0.3) is 16.9 Å². The second-order valence-corrected chi connectivity index (χ2v) is 4.05. The molecule has 0 atom stereocenters. The molecule has 0 aliphatic carbocycles. The monoisotopic (exact) mass is 263 g/mol. The lowest BCUT2D eigenvalue weighted by molar-refractivity contribution is -0.137. The van der Waals surface area contributed by atoms with E-state index in [-0.39, 0.29) is 0 Å². The lowest BCUT2D eigenvalue weighted by Crippen LogP contribution is -2.04. The first-order valence-electron chi connectivity index (χ1n) is 5.50. The number of aromatic nitrogens is 3. The SMILES string of the molecule is FC(F)(F)c1cccc(-c2cn3ccncc3n2)c1. The van der Waals surface area contributed by atoms with E-state index in [9.17, 15) is 13.2 Å². The first-order chi connectivity index (χ1) is 9.04. The smallest absolute Gasteiger partial charge is 0.304 e. The Morgan fingerprint density at radius 3 is 2.74 bits per heavy atom. The molecule has 0 radical (unpaired) electrons. The minimum Gasteiger partial charge on any atom is -0.304 e. The molecule has 0 bridgehead atoms. The summed E-state index contributed by atoms with van der Waals surface area (Å²) in [5.74, 6) is 0. The van der Waals surface area contributed by atoms with E-state index in [1.54, 1.807) is 35.3 Å². The normalized spacial score (nSPS) is 11.9. The van der Waals surface area contributed by atoms with E-state index in [0.717, 1.165) is 12.1 Å². The third kappa shape index (κ3) is 2.16. The van der Waals surface area contributed by atoms with Crippen molar-refractivity contribution in [3.8, 4) is 11.3 Å². The number of halogens is 3.